The maximum atomic E-state index is 12.6. The highest BCUT2D eigenvalue weighted by molar-refractivity contribution is 5.83. The number of amides is 1. The second-order valence-electron chi connectivity index (χ2n) is 4.97. The van der Waals surface area contributed by atoms with E-state index in [4.69, 9.17) is 15.6 Å². The van der Waals surface area contributed by atoms with Crippen molar-refractivity contribution in [3.63, 3.8) is 0 Å². The Labute approximate surface area is 109 Å². The van der Waals surface area contributed by atoms with Crippen LogP contribution in [0.4, 0.5) is 0 Å². The van der Waals surface area contributed by atoms with Gasteiger partial charge in [0.05, 0.1) is 12.0 Å². The molecule has 0 atom stereocenters. The van der Waals surface area contributed by atoms with Crippen molar-refractivity contribution >= 4 is 5.91 Å². The van der Waals surface area contributed by atoms with Crippen LogP contribution >= 0.6 is 0 Å². The molecule has 0 bridgehead atoms. The van der Waals surface area contributed by atoms with Crippen molar-refractivity contribution in [2.45, 2.75) is 32.6 Å². The second-order valence-corrected chi connectivity index (χ2v) is 4.97. The summed E-state index contributed by atoms with van der Waals surface area (Å²) in [6, 6.07) is 0. The van der Waals surface area contributed by atoms with E-state index >= 15 is 0 Å². The molecule has 0 unspecified atom stereocenters. The number of hydrogen-bond acceptors (Lipinski definition) is 4. The van der Waals surface area contributed by atoms with Crippen molar-refractivity contribution in [2.75, 3.05) is 39.5 Å². The maximum Gasteiger partial charge on any atom is 0.230 e. The zero-order valence-electron chi connectivity index (χ0n) is 11.4. The van der Waals surface area contributed by atoms with E-state index in [-0.39, 0.29) is 12.5 Å². The lowest BCUT2D eigenvalue weighted by Crippen LogP contribution is -2.51. The Hall–Kier alpha value is -0.650. The number of rotatable bonds is 7. The molecule has 1 saturated heterocycles. The molecule has 0 spiro atoms. The van der Waals surface area contributed by atoms with Crippen LogP contribution in [0.1, 0.15) is 32.6 Å². The molecule has 1 fully saturated rings. The van der Waals surface area contributed by atoms with Gasteiger partial charge in [-0.1, -0.05) is 13.3 Å². The highest BCUT2D eigenvalue weighted by Crippen LogP contribution is 2.31. The SMILES string of the molecule is CCCCN(CCO)C(=O)C1(CN)CCOCC1. The first-order valence-corrected chi connectivity index (χ1v) is 6.88. The lowest BCUT2D eigenvalue weighted by atomic mass is 9.79. The summed E-state index contributed by atoms with van der Waals surface area (Å²) in [4.78, 5) is 14.4. The first-order chi connectivity index (χ1) is 8.70. The van der Waals surface area contributed by atoms with E-state index in [1.807, 2.05) is 0 Å². The summed E-state index contributed by atoms with van der Waals surface area (Å²) in [7, 11) is 0. The van der Waals surface area contributed by atoms with E-state index in [0.29, 0.717) is 45.7 Å². The molecule has 1 amide bonds. The third-order valence-electron chi connectivity index (χ3n) is 3.73. The average Bonchev–Trinajstić information content (AvgIpc) is 2.43. The van der Waals surface area contributed by atoms with Gasteiger partial charge in [0.1, 0.15) is 0 Å². The van der Waals surface area contributed by atoms with Crippen molar-refractivity contribution < 1.29 is 14.6 Å². The molecule has 5 heteroatoms. The number of nitrogens with two attached hydrogens (primary N) is 1. The van der Waals surface area contributed by atoms with Crippen molar-refractivity contribution in [3.05, 3.63) is 0 Å². The Bertz CT molecular complexity index is 253. The Morgan fingerprint density at radius 3 is 2.56 bits per heavy atom. The van der Waals surface area contributed by atoms with Gasteiger partial charge in [0.2, 0.25) is 5.91 Å². The van der Waals surface area contributed by atoms with Crippen molar-refractivity contribution in [1.82, 2.24) is 4.90 Å². The van der Waals surface area contributed by atoms with Gasteiger partial charge < -0.3 is 20.5 Å². The molecule has 0 saturated carbocycles. The van der Waals surface area contributed by atoms with Gasteiger partial charge in [-0.2, -0.15) is 0 Å². The molecule has 106 valence electrons. The standard InChI is InChI=1S/C13H26N2O3/c1-2-3-6-15(7-8-16)12(17)13(11-14)4-9-18-10-5-13/h16H,2-11,14H2,1H3. The summed E-state index contributed by atoms with van der Waals surface area (Å²) in [5, 5.41) is 9.09. The molecule has 1 aliphatic heterocycles. The van der Waals surface area contributed by atoms with E-state index < -0.39 is 5.41 Å². The maximum absolute atomic E-state index is 12.6. The van der Waals surface area contributed by atoms with Gasteiger partial charge in [0.15, 0.2) is 0 Å². The molecule has 0 aromatic carbocycles. The molecule has 1 aliphatic rings. The molecule has 18 heavy (non-hydrogen) atoms. The third-order valence-corrected chi connectivity index (χ3v) is 3.73. The summed E-state index contributed by atoms with van der Waals surface area (Å²) >= 11 is 0. The zero-order chi connectivity index (χ0) is 13.4. The van der Waals surface area contributed by atoms with Crippen LogP contribution in [0.25, 0.3) is 0 Å². The Kier molecular flexibility index (Phi) is 6.60. The smallest absolute Gasteiger partial charge is 0.230 e. The van der Waals surface area contributed by atoms with Gasteiger partial charge >= 0.3 is 0 Å². The van der Waals surface area contributed by atoms with Gasteiger partial charge in [-0.15, -0.1) is 0 Å². The quantitative estimate of drug-likeness (QED) is 0.691. The van der Waals surface area contributed by atoms with Crippen LogP contribution in [-0.4, -0.2) is 55.4 Å². The van der Waals surface area contributed by atoms with Crippen LogP contribution in [0.3, 0.4) is 0 Å². The molecule has 0 aliphatic carbocycles. The predicted molar refractivity (Wildman–Crippen MR) is 70.1 cm³/mol. The topological polar surface area (TPSA) is 75.8 Å². The molecule has 3 N–H and O–H groups in total. The normalized spacial score (nSPS) is 18.6. The van der Waals surface area contributed by atoms with Crippen LogP contribution in [0.5, 0.6) is 0 Å². The fraction of sp³-hybridized carbons (Fsp3) is 0.923. The Morgan fingerprint density at radius 1 is 1.39 bits per heavy atom. The third kappa shape index (κ3) is 3.67. The summed E-state index contributed by atoms with van der Waals surface area (Å²) < 4.78 is 5.32. The summed E-state index contributed by atoms with van der Waals surface area (Å²) in [6.45, 7) is 4.78. The number of hydrogen-bond donors (Lipinski definition) is 2. The van der Waals surface area contributed by atoms with Crippen molar-refractivity contribution in [3.8, 4) is 0 Å². The number of aliphatic hydroxyl groups excluding tert-OH is 1. The lowest BCUT2D eigenvalue weighted by molar-refractivity contribution is -0.147. The molecular formula is C13H26N2O3. The van der Waals surface area contributed by atoms with Gasteiger partial charge in [0.25, 0.3) is 0 Å². The minimum absolute atomic E-state index is 0.00655. The van der Waals surface area contributed by atoms with Crippen LogP contribution < -0.4 is 5.73 Å². The first-order valence-electron chi connectivity index (χ1n) is 6.88. The highest BCUT2D eigenvalue weighted by atomic mass is 16.5. The van der Waals surface area contributed by atoms with Crippen LogP contribution in [-0.2, 0) is 9.53 Å². The largest absolute Gasteiger partial charge is 0.395 e. The summed E-state index contributed by atoms with van der Waals surface area (Å²) in [5.74, 6) is 0.0933. The fourth-order valence-electron chi connectivity index (χ4n) is 2.39. The number of nitrogens with zero attached hydrogens (tertiary/aromatic N) is 1. The summed E-state index contributed by atoms with van der Waals surface area (Å²) in [5.41, 5.74) is 5.37. The van der Waals surface area contributed by atoms with E-state index in [1.54, 1.807) is 4.90 Å². The van der Waals surface area contributed by atoms with Gasteiger partial charge in [-0.25, -0.2) is 0 Å². The first kappa shape index (κ1) is 15.4. The number of ether oxygens (including phenoxy) is 1. The van der Waals surface area contributed by atoms with Crippen LogP contribution in [0.15, 0.2) is 0 Å². The minimum atomic E-state index is -0.471. The molecule has 1 heterocycles. The molecule has 5 nitrogen and oxygen atoms in total. The zero-order valence-corrected chi connectivity index (χ0v) is 11.4. The van der Waals surface area contributed by atoms with Crippen LogP contribution in [0, 0.1) is 5.41 Å². The molecule has 0 radical (unpaired) electrons. The van der Waals surface area contributed by atoms with E-state index in [2.05, 4.69) is 6.92 Å². The predicted octanol–water partition coefficient (Wildman–Crippen LogP) is 0.363. The fourth-order valence-corrected chi connectivity index (χ4v) is 2.39. The number of carbonyl (C=O) groups is 1. The average molecular weight is 258 g/mol. The Morgan fingerprint density at radius 2 is 2.06 bits per heavy atom. The van der Waals surface area contributed by atoms with E-state index in [1.165, 1.54) is 0 Å². The van der Waals surface area contributed by atoms with Crippen LogP contribution in [0.2, 0.25) is 0 Å². The number of aliphatic hydroxyl groups is 1. The molecule has 1 rings (SSSR count). The van der Waals surface area contributed by atoms with E-state index in [9.17, 15) is 4.79 Å². The lowest BCUT2D eigenvalue weighted by Gasteiger charge is -2.38. The van der Waals surface area contributed by atoms with Gasteiger partial charge in [-0.3, -0.25) is 4.79 Å². The molecule has 0 aromatic rings. The van der Waals surface area contributed by atoms with Crippen molar-refractivity contribution in [1.29, 1.82) is 0 Å². The van der Waals surface area contributed by atoms with Crippen molar-refractivity contribution in [2.24, 2.45) is 11.1 Å². The van der Waals surface area contributed by atoms with Gasteiger partial charge in [-0.05, 0) is 19.3 Å². The summed E-state index contributed by atoms with van der Waals surface area (Å²) in [6.07, 6.45) is 3.38. The van der Waals surface area contributed by atoms with E-state index in [0.717, 1.165) is 12.8 Å². The second kappa shape index (κ2) is 7.71. The minimum Gasteiger partial charge on any atom is -0.395 e. The molecule has 0 aromatic heterocycles. The molecular weight excluding hydrogens is 232 g/mol. The number of unbranched alkanes of at least 4 members (excludes halogenated alkanes) is 1. The highest BCUT2D eigenvalue weighted by Gasteiger charge is 2.41. The monoisotopic (exact) mass is 258 g/mol. The number of carbonyl (C=O) groups excluding carboxylic acids is 1. The van der Waals surface area contributed by atoms with Gasteiger partial charge in [0, 0.05) is 32.8 Å². The Balaban J connectivity index is 2.71.